The largest absolute Gasteiger partial charge is 0.445 e. The second-order valence-electron chi connectivity index (χ2n) is 12.9. The van der Waals surface area contributed by atoms with E-state index in [0.29, 0.717) is 13.0 Å². The lowest BCUT2D eigenvalue weighted by atomic mass is 10.1. The average Bonchev–Trinajstić information content (AvgIpc) is 3.07. The summed E-state index contributed by atoms with van der Waals surface area (Å²) in [4.78, 5) is 26.6. The minimum Gasteiger partial charge on any atom is -0.445 e. The fourth-order valence-electron chi connectivity index (χ4n) is 5.97. The summed E-state index contributed by atoms with van der Waals surface area (Å²) < 4.78 is 6.53. The Morgan fingerprint density at radius 2 is 1.28 bits per heavy atom. The van der Waals surface area contributed by atoms with Gasteiger partial charge in [-0.05, 0) is 71.3 Å². The number of carbonyl (C=O) groups is 2. The zero-order valence-electron chi connectivity index (χ0n) is 30.0. The highest BCUT2D eigenvalue weighted by Gasteiger charge is 2.22. The Labute approximate surface area is 288 Å². The van der Waals surface area contributed by atoms with Crippen LogP contribution in [0, 0.1) is 0 Å². The van der Waals surface area contributed by atoms with Crippen molar-refractivity contribution in [2.45, 2.75) is 149 Å². The Morgan fingerprint density at radius 1 is 0.717 bits per heavy atom. The lowest BCUT2D eigenvalue weighted by molar-refractivity contribution is -0.923. The molecule has 0 aliphatic rings. The third-order valence-electron chi connectivity index (χ3n) is 9.44. The second-order valence-corrected chi connectivity index (χ2v) is 13.4. The van der Waals surface area contributed by atoms with Gasteiger partial charge in [-0.25, -0.2) is 4.79 Å². The number of hydrogen-bond acceptors (Lipinski definition) is 4. The predicted octanol–water partition coefficient (Wildman–Crippen LogP) is 8.84. The van der Waals surface area contributed by atoms with E-state index < -0.39 is 12.1 Å². The van der Waals surface area contributed by atoms with Crippen molar-refractivity contribution in [3.63, 3.8) is 0 Å². The zero-order chi connectivity index (χ0) is 33.7. The molecule has 0 aliphatic heterocycles. The van der Waals surface area contributed by atoms with E-state index in [-0.39, 0.29) is 12.5 Å². The standard InChI is InChI=1S/C38H68N4O3S/c1-5-9-10-11-12-13-14-15-16-17-21-29-36(46)39-30-23-22-28-35(41-38(44)45-33-34-26-19-18-20-27-34)37(43)40-31-24-25-32-42(6-2,7-3)8-4/h18-20,26-27,35H,5-17,21-25,28-33H2,1-4H3,(H2-,39,40,41,43,44,46)/p+1/t35-/m0/s1. The molecule has 0 heterocycles. The highest BCUT2D eigenvalue weighted by molar-refractivity contribution is 7.80. The number of carbonyl (C=O) groups excluding carboxylic acids is 2. The van der Waals surface area contributed by atoms with Crippen LogP contribution in [0.15, 0.2) is 30.3 Å². The molecule has 8 heteroatoms. The molecule has 0 aromatic heterocycles. The molecular formula is C38H69N4O3S+. The molecule has 1 rings (SSSR count). The number of hydrogen-bond donors (Lipinski definition) is 3. The Morgan fingerprint density at radius 3 is 1.89 bits per heavy atom. The Bertz CT molecular complexity index is 902. The number of quaternary nitrogens is 1. The van der Waals surface area contributed by atoms with Crippen LogP contribution < -0.4 is 16.0 Å². The number of amides is 2. The molecule has 0 radical (unpaired) electrons. The molecule has 0 saturated carbocycles. The highest BCUT2D eigenvalue weighted by Crippen LogP contribution is 2.12. The fourth-order valence-corrected chi connectivity index (χ4v) is 6.21. The maximum atomic E-state index is 13.1. The van der Waals surface area contributed by atoms with Crippen LogP contribution in [0.1, 0.15) is 142 Å². The highest BCUT2D eigenvalue weighted by atomic mass is 32.1. The molecule has 0 aliphatic carbocycles. The molecule has 3 N–H and O–H groups in total. The topological polar surface area (TPSA) is 79.5 Å². The smallest absolute Gasteiger partial charge is 0.408 e. The molecule has 0 bridgehead atoms. The van der Waals surface area contributed by atoms with E-state index in [1.807, 2.05) is 30.3 Å². The van der Waals surface area contributed by atoms with E-state index in [4.69, 9.17) is 17.0 Å². The average molecular weight is 662 g/mol. The van der Waals surface area contributed by atoms with Gasteiger partial charge >= 0.3 is 6.09 Å². The second kappa shape index (κ2) is 27.9. The summed E-state index contributed by atoms with van der Waals surface area (Å²) in [6.07, 6.45) is 19.3. The lowest BCUT2D eigenvalue weighted by Gasteiger charge is -2.35. The van der Waals surface area contributed by atoms with Crippen LogP contribution in [0.25, 0.3) is 0 Å². The van der Waals surface area contributed by atoms with Gasteiger partial charge in [0.1, 0.15) is 12.6 Å². The number of nitrogens with zero attached hydrogens (tertiary/aromatic N) is 1. The van der Waals surface area contributed by atoms with Gasteiger partial charge in [0.25, 0.3) is 0 Å². The van der Waals surface area contributed by atoms with Gasteiger partial charge in [-0.1, -0.05) is 114 Å². The van der Waals surface area contributed by atoms with Crippen molar-refractivity contribution in [1.29, 1.82) is 0 Å². The van der Waals surface area contributed by atoms with E-state index in [2.05, 4.69) is 43.6 Å². The summed E-state index contributed by atoms with van der Waals surface area (Å²) in [6, 6.07) is 8.95. The first-order valence-corrected chi connectivity index (χ1v) is 19.2. The number of alkyl carbamates (subject to hydrolysis) is 1. The third-order valence-corrected chi connectivity index (χ3v) is 9.79. The van der Waals surface area contributed by atoms with Gasteiger partial charge in [0.05, 0.1) is 31.2 Å². The maximum Gasteiger partial charge on any atom is 0.408 e. The number of ether oxygens (including phenoxy) is 1. The minimum absolute atomic E-state index is 0.140. The van der Waals surface area contributed by atoms with Gasteiger partial charge < -0.3 is 25.2 Å². The Hall–Kier alpha value is -2.19. The molecule has 0 unspecified atom stereocenters. The summed E-state index contributed by atoms with van der Waals surface area (Å²) >= 11 is 5.56. The zero-order valence-corrected chi connectivity index (χ0v) is 30.8. The van der Waals surface area contributed by atoms with Gasteiger partial charge in [0.15, 0.2) is 0 Å². The van der Waals surface area contributed by atoms with E-state index in [1.165, 1.54) is 64.2 Å². The van der Waals surface area contributed by atoms with Crippen molar-refractivity contribution in [3.8, 4) is 0 Å². The normalized spacial score (nSPS) is 12.0. The van der Waals surface area contributed by atoms with Gasteiger partial charge in [-0.15, -0.1) is 0 Å². The Balaban J connectivity index is 2.34. The van der Waals surface area contributed by atoms with Crippen LogP contribution in [0.4, 0.5) is 4.79 Å². The molecule has 0 fully saturated rings. The molecule has 1 aromatic rings. The van der Waals surface area contributed by atoms with Crippen LogP contribution >= 0.6 is 12.2 Å². The Kier molecular flexibility index (Phi) is 25.4. The fraction of sp³-hybridized carbons (Fsp3) is 0.763. The van der Waals surface area contributed by atoms with E-state index in [1.54, 1.807) is 0 Å². The lowest BCUT2D eigenvalue weighted by Crippen LogP contribution is -2.48. The molecule has 2 amide bonds. The summed E-state index contributed by atoms with van der Waals surface area (Å²) in [5, 5.41) is 9.28. The van der Waals surface area contributed by atoms with Crippen LogP contribution in [0.5, 0.6) is 0 Å². The van der Waals surface area contributed by atoms with E-state index in [9.17, 15) is 9.59 Å². The quantitative estimate of drug-likeness (QED) is 0.0454. The first-order valence-electron chi connectivity index (χ1n) is 18.8. The molecule has 46 heavy (non-hydrogen) atoms. The van der Waals surface area contributed by atoms with Crippen LogP contribution in [0.2, 0.25) is 0 Å². The summed E-state index contributed by atoms with van der Waals surface area (Å²) in [7, 11) is 0. The number of unbranched alkanes of at least 4 members (excludes halogenated alkanes) is 12. The first kappa shape index (κ1) is 41.8. The van der Waals surface area contributed by atoms with Crippen LogP contribution in [-0.2, 0) is 16.1 Å². The van der Waals surface area contributed by atoms with Crippen LogP contribution in [-0.4, -0.2) is 66.8 Å². The molecule has 0 spiro atoms. The van der Waals surface area contributed by atoms with Crippen molar-refractivity contribution in [1.82, 2.24) is 16.0 Å². The molecule has 0 saturated heterocycles. The van der Waals surface area contributed by atoms with Gasteiger partial charge in [-0.2, -0.15) is 0 Å². The molecule has 264 valence electrons. The van der Waals surface area contributed by atoms with Crippen molar-refractivity contribution in [2.24, 2.45) is 0 Å². The summed E-state index contributed by atoms with van der Waals surface area (Å²) in [5.41, 5.74) is 0.912. The van der Waals surface area contributed by atoms with Crippen molar-refractivity contribution >= 4 is 29.2 Å². The minimum atomic E-state index is -0.622. The molecule has 7 nitrogen and oxygen atoms in total. The SMILES string of the molecule is CCCCCCCCCCCCCC(=S)NCCCC[C@H](NC(=O)OCc1ccccc1)C(=O)NCCCC[N+](CC)(CC)CC. The van der Waals surface area contributed by atoms with E-state index >= 15 is 0 Å². The van der Waals surface area contributed by atoms with Gasteiger partial charge in [0.2, 0.25) is 5.91 Å². The van der Waals surface area contributed by atoms with Crippen LogP contribution in [0.3, 0.4) is 0 Å². The summed E-state index contributed by atoms with van der Waals surface area (Å²) in [5.74, 6) is -0.140. The molecule has 1 atom stereocenters. The number of nitrogens with one attached hydrogen (secondary N) is 3. The van der Waals surface area contributed by atoms with Gasteiger partial charge in [0, 0.05) is 13.1 Å². The molecule has 1 aromatic carbocycles. The first-order chi connectivity index (χ1) is 22.4. The van der Waals surface area contributed by atoms with E-state index in [0.717, 1.165) is 86.3 Å². The predicted molar refractivity (Wildman–Crippen MR) is 198 cm³/mol. The number of thiocarbonyl (C=S) groups is 1. The van der Waals surface area contributed by atoms with Crippen molar-refractivity contribution in [2.75, 3.05) is 39.3 Å². The summed E-state index contributed by atoms with van der Waals surface area (Å²) in [6.45, 7) is 15.1. The molecular weight excluding hydrogens is 593 g/mol. The van der Waals surface area contributed by atoms with Crippen molar-refractivity contribution in [3.05, 3.63) is 35.9 Å². The third kappa shape index (κ3) is 20.8. The number of benzene rings is 1. The van der Waals surface area contributed by atoms with Gasteiger partial charge in [-0.3, -0.25) is 4.79 Å². The number of rotatable bonds is 29. The van der Waals surface area contributed by atoms with Crippen molar-refractivity contribution < 1.29 is 18.8 Å². The monoisotopic (exact) mass is 662 g/mol. The maximum absolute atomic E-state index is 13.1.